The first-order valence-corrected chi connectivity index (χ1v) is 5.13. The number of carbonyl (C=O) groups excluding carboxylic acids is 1. The standard InChI is InChI=1S/C12H9N3O3/c16-8-13-12-11(15(17)18)7-6-10(14-12)9-4-2-1-3-5-9/h1-8H,(H,13,14,16). The molecule has 1 amide bonds. The summed E-state index contributed by atoms with van der Waals surface area (Å²) in [6, 6.07) is 12.1. The first-order valence-electron chi connectivity index (χ1n) is 5.13. The second-order valence-corrected chi connectivity index (χ2v) is 3.45. The monoisotopic (exact) mass is 243 g/mol. The van der Waals surface area contributed by atoms with E-state index in [2.05, 4.69) is 10.3 Å². The first-order chi connectivity index (χ1) is 8.72. The van der Waals surface area contributed by atoms with Gasteiger partial charge < -0.3 is 5.32 Å². The van der Waals surface area contributed by atoms with Crippen molar-refractivity contribution in [3.63, 3.8) is 0 Å². The molecule has 0 aliphatic heterocycles. The van der Waals surface area contributed by atoms with Gasteiger partial charge in [-0.05, 0) is 6.07 Å². The number of anilines is 1. The first kappa shape index (κ1) is 11.7. The third-order valence-electron chi connectivity index (χ3n) is 2.34. The zero-order chi connectivity index (χ0) is 13.0. The van der Waals surface area contributed by atoms with Crippen LogP contribution >= 0.6 is 0 Å². The summed E-state index contributed by atoms with van der Waals surface area (Å²) in [5.74, 6) is -0.0589. The molecule has 0 saturated carbocycles. The van der Waals surface area contributed by atoms with Gasteiger partial charge in [0.1, 0.15) is 0 Å². The van der Waals surface area contributed by atoms with Crippen molar-refractivity contribution in [2.45, 2.75) is 0 Å². The maximum atomic E-state index is 10.8. The van der Waals surface area contributed by atoms with Crippen molar-refractivity contribution in [2.24, 2.45) is 0 Å². The Kier molecular flexibility index (Phi) is 3.29. The molecule has 0 aliphatic carbocycles. The molecular formula is C12H9N3O3. The second kappa shape index (κ2) is 5.05. The van der Waals surface area contributed by atoms with Crippen molar-refractivity contribution in [2.75, 3.05) is 5.32 Å². The number of rotatable bonds is 4. The lowest BCUT2D eigenvalue weighted by atomic mass is 10.1. The van der Waals surface area contributed by atoms with Gasteiger partial charge in [-0.2, -0.15) is 0 Å². The molecule has 1 N–H and O–H groups in total. The number of amides is 1. The van der Waals surface area contributed by atoms with E-state index in [9.17, 15) is 14.9 Å². The minimum Gasteiger partial charge on any atom is -0.308 e. The minimum absolute atomic E-state index is 0.0589. The summed E-state index contributed by atoms with van der Waals surface area (Å²) in [6.07, 6.45) is 0.365. The molecule has 6 nitrogen and oxygen atoms in total. The minimum atomic E-state index is -0.590. The van der Waals surface area contributed by atoms with Gasteiger partial charge in [0.2, 0.25) is 12.2 Å². The van der Waals surface area contributed by atoms with Crippen LogP contribution < -0.4 is 5.32 Å². The average Bonchev–Trinajstić information content (AvgIpc) is 2.40. The molecule has 0 bridgehead atoms. The molecule has 0 radical (unpaired) electrons. The molecule has 0 saturated heterocycles. The van der Waals surface area contributed by atoms with E-state index in [1.54, 1.807) is 6.07 Å². The summed E-state index contributed by atoms with van der Waals surface area (Å²) >= 11 is 0. The number of carbonyl (C=O) groups is 1. The molecule has 0 unspecified atom stereocenters. The van der Waals surface area contributed by atoms with E-state index in [-0.39, 0.29) is 11.5 Å². The van der Waals surface area contributed by atoms with Crippen molar-refractivity contribution in [3.05, 3.63) is 52.6 Å². The summed E-state index contributed by atoms with van der Waals surface area (Å²) in [7, 11) is 0. The van der Waals surface area contributed by atoms with E-state index < -0.39 is 4.92 Å². The van der Waals surface area contributed by atoms with Crippen LogP contribution in [-0.2, 0) is 4.79 Å². The predicted molar refractivity (Wildman–Crippen MR) is 66.0 cm³/mol. The molecule has 0 aliphatic rings. The Bertz CT molecular complexity index is 584. The van der Waals surface area contributed by atoms with Crippen molar-refractivity contribution in [1.82, 2.24) is 4.98 Å². The number of benzene rings is 1. The topological polar surface area (TPSA) is 85.1 Å². The predicted octanol–water partition coefficient (Wildman–Crippen LogP) is 2.23. The highest BCUT2D eigenvalue weighted by atomic mass is 16.6. The van der Waals surface area contributed by atoms with Crippen LogP contribution in [-0.4, -0.2) is 16.3 Å². The number of hydrogen-bond acceptors (Lipinski definition) is 4. The fourth-order valence-corrected chi connectivity index (χ4v) is 1.53. The Morgan fingerprint density at radius 3 is 2.50 bits per heavy atom. The van der Waals surface area contributed by atoms with E-state index in [4.69, 9.17) is 0 Å². The van der Waals surface area contributed by atoms with Gasteiger partial charge >= 0.3 is 5.69 Å². The van der Waals surface area contributed by atoms with Crippen LogP contribution in [0.2, 0.25) is 0 Å². The van der Waals surface area contributed by atoms with Crippen LogP contribution in [0.15, 0.2) is 42.5 Å². The van der Waals surface area contributed by atoms with Crippen molar-refractivity contribution >= 4 is 17.9 Å². The normalized spacial score (nSPS) is 9.78. The highest BCUT2D eigenvalue weighted by Gasteiger charge is 2.15. The lowest BCUT2D eigenvalue weighted by Gasteiger charge is -2.04. The Morgan fingerprint density at radius 2 is 1.89 bits per heavy atom. The average molecular weight is 243 g/mol. The molecule has 90 valence electrons. The Hall–Kier alpha value is -2.76. The summed E-state index contributed by atoms with van der Waals surface area (Å²) in [4.78, 5) is 24.7. The van der Waals surface area contributed by atoms with Crippen LogP contribution in [0.3, 0.4) is 0 Å². The van der Waals surface area contributed by atoms with Crippen molar-refractivity contribution < 1.29 is 9.72 Å². The molecule has 1 heterocycles. The lowest BCUT2D eigenvalue weighted by Crippen LogP contribution is -2.02. The number of pyridine rings is 1. The van der Waals surface area contributed by atoms with Gasteiger partial charge in [-0.15, -0.1) is 0 Å². The SMILES string of the molecule is O=CNc1nc(-c2ccccc2)ccc1[N+](=O)[O-]. The van der Waals surface area contributed by atoms with Gasteiger partial charge in [-0.25, -0.2) is 4.98 Å². The summed E-state index contributed by atoms with van der Waals surface area (Å²) in [5, 5.41) is 13.0. The number of nitrogens with zero attached hydrogens (tertiary/aromatic N) is 2. The number of nitro groups is 1. The van der Waals surface area contributed by atoms with Crippen molar-refractivity contribution in [1.29, 1.82) is 0 Å². The third-order valence-corrected chi connectivity index (χ3v) is 2.34. The smallest absolute Gasteiger partial charge is 0.308 e. The summed E-state index contributed by atoms with van der Waals surface area (Å²) < 4.78 is 0. The van der Waals surface area contributed by atoms with E-state index >= 15 is 0 Å². The second-order valence-electron chi connectivity index (χ2n) is 3.45. The van der Waals surface area contributed by atoms with E-state index in [0.29, 0.717) is 12.1 Å². The van der Waals surface area contributed by atoms with Gasteiger partial charge in [0.05, 0.1) is 10.6 Å². The molecule has 0 spiro atoms. The molecule has 2 aromatic rings. The zero-order valence-corrected chi connectivity index (χ0v) is 9.24. The van der Waals surface area contributed by atoms with Gasteiger partial charge in [-0.1, -0.05) is 30.3 Å². The fraction of sp³-hybridized carbons (Fsp3) is 0. The molecular weight excluding hydrogens is 234 g/mol. The molecule has 1 aromatic heterocycles. The number of nitrogens with one attached hydrogen (secondary N) is 1. The molecule has 6 heteroatoms. The Labute approximate surface area is 102 Å². The van der Waals surface area contributed by atoms with Crippen LogP contribution in [0.1, 0.15) is 0 Å². The molecule has 18 heavy (non-hydrogen) atoms. The van der Waals surface area contributed by atoms with Gasteiger partial charge in [0, 0.05) is 11.6 Å². The molecule has 1 aromatic carbocycles. The van der Waals surface area contributed by atoms with Gasteiger partial charge in [-0.3, -0.25) is 14.9 Å². The maximum Gasteiger partial charge on any atom is 0.311 e. The largest absolute Gasteiger partial charge is 0.311 e. The highest BCUT2D eigenvalue weighted by molar-refractivity contribution is 5.76. The van der Waals surface area contributed by atoms with Gasteiger partial charge in [0.15, 0.2) is 0 Å². The third kappa shape index (κ3) is 2.32. The van der Waals surface area contributed by atoms with Crippen LogP contribution in [0, 0.1) is 10.1 Å². The molecule has 0 fully saturated rings. The zero-order valence-electron chi connectivity index (χ0n) is 9.24. The Morgan fingerprint density at radius 1 is 1.17 bits per heavy atom. The maximum absolute atomic E-state index is 10.8. The van der Waals surface area contributed by atoms with E-state index in [1.807, 2.05) is 30.3 Å². The fourth-order valence-electron chi connectivity index (χ4n) is 1.53. The van der Waals surface area contributed by atoms with Crippen molar-refractivity contribution in [3.8, 4) is 11.3 Å². The van der Waals surface area contributed by atoms with Crippen LogP contribution in [0.25, 0.3) is 11.3 Å². The van der Waals surface area contributed by atoms with E-state index in [0.717, 1.165) is 5.56 Å². The highest BCUT2D eigenvalue weighted by Crippen LogP contribution is 2.26. The van der Waals surface area contributed by atoms with Gasteiger partial charge in [0.25, 0.3) is 0 Å². The molecule has 2 rings (SSSR count). The van der Waals surface area contributed by atoms with Crippen LogP contribution in [0.5, 0.6) is 0 Å². The lowest BCUT2D eigenvalue weighted by molar-refractivity contribution is -0.384. The molecule has 0 atom stereocenters. The van der Waals surface area contributed by atoms with E-state index in [1.165, 1.54) is 6.07 Å². The summed E-state index contributed by atoms with van der Waals surface area (Å²) in [6.45, 7) is 0. The van der Waals surface area contributed by atoms with Crippen LogP contribution in [0.4, 0.5) is 11.5 Å². The Balaban J connectivity index is 2.49. The number of hydrogen-bond donors (Lipinski definition) is 1. The summed E-state index contributed by atoms with van der Waals surface area (Å²) in [5.41, 5.74) is 1.15. The quantitative estimate of drug-likeness (QED) is 0.507. The number of aromatic nitrogens is 1.